The van der Waals surface area contributed by atoms with Gasteiger partial charge in [-0.25, -0.2) is 9.97 Å². The van der Waals surface area contributed by atoms with Gasteiger partial charge in [0.15, 0.2) is 0 Å². The number of pyridine rings is 1. The molecule has 3 heterocycles. The van der Waals surface area contributed by atoms with Gasteiger partial charge in [0.2, 0.25) is 5.95 Å². The molecule has 3 rings (SSSR count). The maximum absolute atomic E-state index is 4.78. The van der Waals surface area contributed by atoms with Crippen molar-refractivity contribution in [2.45, 2.75) is 25.7 Å². The van der Waals surface area contributed by atoms with Crippen LogP contribution in [0, 0.1) is 0 Å². The van der Waals surface area contributed by atoms with Gasteiger partial charge in [-0.3, -0.25) is 4.98 Å². The zero-order chi connectivity index (χ0) is 14.5. The van der Waals surface area contributed by atoms with Gasteiger partial charge in [0.1, 0.15) is 0 Å². The van der Waals surface area contributed by atoms with Gasteiger partial charge in [-0.15, -0.1) is 0 Å². The minimum atomic E-state index is 0.447. The van der Waals surface area contributed by atoms with Crippen molar-refractivity contribution in [2.24, 2.45) is 0 Å². The van der Waals surface area contributed by atoms with Crippen LogP contribution in [0.5, 0.6) is 0 Å². The zero-order valence-electron chi connectivity index (χ0n) is 12.3. The van der Waals surface area contributed by atoms with Crippen LogP contribution in [0.2, 0.25) is 0 Å². The molecule has 5 heteroatoms. The number of anilines is 1. The van der Waals surface area contributed by atoms with Gasteiger partial charge in [0.05, 0.1) is 5.69 Å². The third kappa shape index (κ3) is 3.19. The molecule has 110 valence electrons. The van der Waals surface area contributed by atoms with Gasteiger partial charge in [-0.05, 0) is 44.0 Å². The Morgan fingerprint density at radius 1 is 1.33 bits per heavy atom. The summed E-state index contributed by atoms with van der Waals surface area (Å²) in [5.74, 6) is 1.17. The second-order valence-corrected chi connectivity index (χ2v) is 5.30. The highest BCUT2D eigenvalue weighted by Gasteiger charge is 2.21. The minimum absolute atomic E-state index is 0.447. The molecule has 1 aliphatic heterocycles. The van der Waals surface area contributed by atoms with Gasteiger partial charge in [0, 0.05) is 43.2 Å². The third-order valence-corrected chi connectivity index (χ3v) is 3.83. The van der Waals surface area contributed by atoms with Crippen LogP contribution < -0.4 is 10.6 Å². The van der Waals surface area contributed by atoms with E-state index in [2.05, 4.69) is 27.5 Å². The molecule has 1 saturated heterocycles. The summed E-state index contributed by atoms with van der Waals surface area (Å²) in [6.45, 7) is 4.98. The van der Waals surface area contributed by atoms with E-state index in [1.54, 1.807) is 0 Å². The molecule has 1 aliphatic rings. The largest absolute Gasteiger partial charge is 0.354 e. The van der Waals surface area contributed by atoms with Crippen molar-refractivity contribution in [3.05, 3.63) is 36.4 Å². The van der Waals surface area contributed by atoms with Crippen LogP contribution in [0.15, 0.2) is 30.7 Å². The van der Waals surface area contributed by atoms with Gasteiger partial charge in [-0.1, -0.05) is 0 Å². The minimum Gasteiger partial charge on any atom is -0.354 e. The highest BCUT2D eigenvalue weighted by molar-refractivity contribution is 5.66. The van der Waals surface area contributed by atoms with E-state index in [9.17, 15) is 0 Å². The molecule has 0 aromatic carbocycles. The number of piperidine rings is 1. The van der Waals surface area contributed by atoms with E-state index in [0.29, 0.717) is 5.92 Å². The highest BCUT2D eigenvalue weighted by atomic mass is 15.1. The molecule has 2 N–H and O–H groups in total. The Kier molecular flexibility index (Phi) is 4.40. The average Bonchev–Trinajstić information content (AvgIpc) is 2.57. The molecule has 0 amide bonds. The summed E-state index contributed by atoms with van der Waals surface area (Å²) in [7, 11) is 0. The van der Waals surface area contributed by atoms with Gasteiger partial charge < -0.3 is 10.6 Å². The van der Waals surface area contributed by atoms with E-state index < -0.39 is 0 Å². The summed E-state index contributed by atoms with van der Waals surface area (Å²) in [5, 5.41) is 6.68. The molecule has 1 fully saturated rings. The number of hydrogen-bond donors (Lipinski definition) is 2. The van der Waals surface area contributed by atoms with Crippen LogP contribution in [0.25, 0.3) is 11.1 Å². The van der Waals surface area contributed by atoms with E-state index >= 15 is 0 Å². The van der Waals surface area contributed by atoms with Crippen molar-refractivity contribution in [2.75, 3.05) is 25.0 Å². The molecular formula is C16H21N5. The predicted molar refractivity (Wildman–Crippen MR) is 84.3 cm³/mol. The fourth-order valence-electron chi connectivity index (χ4n) is 2.79. The summed E-state index contributed by atoms with van der Waals surface area (Å²) in [6, 6.07) is 4.04. The fourth-order valence-corrected chi connectivity index (χ4v) is 2.79. The average molecular weight is 283 g/mol. The highest BCUT2D eigenvalue weighted by Crippen LogP contribution is 2.31. The van der Waals surface area contributed by atoms with Crippen LogP contribution >= 0.6 is 0 Å². The van der Waals surface area contributed by atoms with Crippen molar-refractivity contribution in [3.63, 3.8) is 0 Å². The molecule has 0 bridgehead atoms. The summed E-state index contributed by atoms with van der Waals surface area (Å²) >= 11 is 0. The number of rotatable bonds is 4. The van der Waals surface area contributed by atoms with Crippen LogP contribution in [0.3, 0.4) is 0 Å². The number of hydrogen-bond acceptors (Lipinski definition) is 5. The molecule has 1 atom stereocenters. The second-order valence-electron chi connectivity index (χ2n) is 5.30. The van der Waals surface area contributed by atoms with E-state index in [1.165, 1.54) is 12.8 Å². The van der Waals surface area contributed by atoms with Crippen LogP contribution in [-0.2, 0) is 0 Å². The Bertz CT molecular complexity index is 578. The zero-order valence-corrected chi connectivity index (χ0v) is 12.3. The normalized spacial score (nSPS) is 18.4. The Morgan fingerprint density at radius 2 is 2.19 bits per heavy atom. The lowest BCUT2D eigenvalue weighted by Crippen LogP contribution is -2.29. The van der Waals surface area contributed by atoms with Gasteiger partial charge >= 0.3 is 0 Å². The number of nitrogens with zero attached hydrogens (tertiary/aromatic N) is 3. The Balaban J connectivity index is 2.01. The molecule has 5 nitrogen and oxygen atoms in total. The smallest absolute Gasteiger partial charge is 0.222 e. The Hall–Kier alpha value is -2.01. The standard InChI is InChI=1S/C16H21N5/c1-2-19-16-20-11-14(12-5-8-17-9-6-12)15(21-16)13-4-3-7-18-10-13/h5-6,8-9,11,13,18H,2-4,7,10H2,1H3,(H,19,20,21). The summed E-state index contributed by atoms with van der Waals surface area (Å²) in [4.78, 5) is 13.3. The first kappa shape index (κ1) is 13.9. The summed E-state index contributed by atoms with van der Waals surface area (Å²) in [5.41, 5.74) is 3.39. The predicted octanol–water partition coefficient (Wildman–Crippen LogP) is 2.44. The Labute approximate surface area is 125 Å². The van der Waals surface area contributed by atoms with Crippen molar-refractivity contribution in [1.29, 1.82) is 0 Å². The second kappa shape index (κ2) is 6.63. The Morgan fingerprint density at radius 3 is 2.90 bits per heavy atom. The van der Waals surface area contributed by atoms with E-state index in [4.69, 9.17) is 4.98 Å². The molecule has 2 aromatic rings. The van der Waals surface area contributed by atoms with Crippen LogP contribution in [-0.4, -0.2) is 34.6 Å². The van der Waals surface area contributed by atoms with E-state index in [-0.39, 0.29) is 0 Å². The molecule has 0 spiro atoms. The lowest BCUT2D eigenvalue weighted by Gasteiger charge is -2.24. The van der Waals surface area contributed by atoms with Crippen molar-refractivity contribution in [3.8, 4) is 11.1 Å². The van der Waals surface area contributed by atoms with Crippen molar-refractivity contribution < 1.29 is 0 Å². The van der Waals surface area contributed by atoms with Crippen molar-refractivity contribution >= 4 is 5.95 Å². The lowest BCUT2D eigenvalue weighted by atomic mass is 9.91. The monoisotopic (exact) mass is 283 g/mol. The summed E-state index contributed by atoms with van der Waals surface area (Å²) in [6.07, 6.45) is 7.94. The first-order valence-electron chi connectivity index (χ1n) is 7.60. The van der Waals surface area contributed by atoms with Gasteiger partial charge in [-0.2, -0.15) is 0 Å². The van der Waals surface area contributed by atoms with Gasteiger partial charge in [0.25, 0.3) is 0 Å². The quantitative estimate of drug-likeness (QED) is 0.902. The van der Waals surface area contributed by atoms with Crippen LogP contribution in [0.1, 0.15) is 31.4 Å². The number of aromatic nitrogens is 3. The molecule has 0 saturated carbocycles. The fraction of sp³-hybridized carbons (Fsp3) is 0.438. The van der Waals surface area contributed by atoms with Crippen molar-refractivity contribution in [1.82, 2.24) is 20.3 Å². The first-order valence-corrected chi connectivity index (χ1v) is 7.60. The first-order chi connectivity index (χ1) is 10.4. The van der Waals surface area contributed by atoms with Crippen LogP contribution in [0.4, 0.5) is 5.95 Å². The van der Waals surface area contributed by atoms with E-state index in [0.717, 1.165) is 42.4 Å². The molecule has 21 heavy (non-hydrogen) atoms. The van der Waals surface area contributed by atoms with E-state index in [1.807, 2.05) is 30.7 Å². The summed E-state index contributed by atoms with van der Waals surface area (Å²) < 4.78 is 0. The topological polar surface area (TPSA) is 62.7 Å². The maximum atomic E-state index is 4.78. The number of nitrogens with one attached hydrogen (secondary N) is 2. The maximum Gasteiger partial charge on any atom is 0.222 e. The molecule has 0 radical (unpaired) electrons. The molecular weight excluding hydrogens is 262 g/mol. The SMILES string of the molecule is CCNc1ncc(-c2ccncc2)c(C2CCCNC2)n1. The lowest BCUT2D eigenvalue weighted by molar-refractivity contribution is 0.455. The molecule has 2 aromatic heterocycles. The molecule has 0 aliphatic carbocycles. The third-order valence-electron chi connectivity index (χ3n) is 3.83. The molecule has 1 unspecified atom stereocenters.